The van der Waals surface area contributed by atoms with E-state index < -0.39 is 5.41 Å². The number of nitrogens with one attached hydrogen (secondary N) is 2. The Morgan fingerprint density at radius 2 is 1.62 bits per heavy atom. The lowest BCUT2D eigenvalue weighted by molar-refractivity contribution is -0.131. The summed E-state index contributed by atoms with van der Waals surface area (Å²) < 4.78 is 5.53. The van der Waals surface area contributed by atoms with Crippen LogP contribution in [0.3, 0.4) is 0 Å². The number of hydrogen-bond donors (Lipinski definition) is 2. The number of rotatable bonds is 7. The largest absolute Gasteiger partial charge is 0.492 e. The van der Waals surface area contributed by atoms with Gasteiger partial charge in [0.1, 0.15) is 11.2 Å². The van der Waals surface area contributed by atoms with E-state index >= 15 is 0 Å². The molecule has 0 saturated heterocycles. The molecule has 2 aromatic rings. The minimum atomic E-state index is -0.997. The second-order valence-corrected chi connectivity index (χ2v) is 6.47. The molecule has 2 amide bonds. The summed E-state index contributed by atoms with van der Waals surface area (Å²) in [4.78, 5) is 25.4. The molecule has 1 aliphatic rings. The molecule has 0 atom stereocenters. The van der Waals surface area contributed by atoms with Crippen LogP contribution in [-0.4, -0.2) is 18.4 Å². The highest BCUT2D eigenvalue weighted by molar-refractivity contribution is 6.17. The summed E-state index contributed by atoms with van der Waals surface area (Å²) in [6.45, 7) is 4.47. The number of carbonyl (C=O) groups excluding carboxylic acids is 2. The van der Waals surface area contributed by atoms with Gasteiger partial charge in [0.05, 0.1) is 12.3 Å². The molecule has 5 nitrogen and oxygen atoms in total. The average Bonchev–Trinajstić information content (AvgIpc) is 3.46. The first kappa shape index (κ1) is 18.0. The molecule has 0 aliphatic heterocycles. The van der Waals surface area contributed by atoms with Crippen molar-refractivity contribution >= 4 is 23.2 Å². The van der Waals surface area contributed by atoms with E-state index in [-0.39, 0.29) is 11.8 Å². The number of benzene rings is 2. The third-order valence-corrected chi connectivity index (χ3v) is 4.67. The molecule has 26 heavy (non-hydrogen) atoms. The van der Waals surface area contributed by atoms with Crippen molar-refractivity contribution < 1.29 is 14.3 Å². The second kappa shape index (κ2) is 7.60. The molecule has 2 N–H and O–H groups in total. The van der Waals surface area contributed by atoms with Crippen LogP contribution >= 0.6 is 0 Å². The second-order valence-electron chi connectivity index (χ2n) is 6.47. The molecule has 2 aromatic carbocycles. The molecule has 0 radical (unpaired) electrons. The van der Waals surface area contributed by atoms with Gasteiger partial charge in [0.15, 0.2) is 0 Å². The lowest BCUT2D eigenvalue weighted by Crippen LogP contribution is -2.35. The minimum Gasteiger partial charge on any atom is -0.492 e. The fraction of sp³-hybridized carbons (Fsp3) is 0.333. The molecule has 136 valence electrons. The Kier molecular flexibility index (Phi) is 5.26. The van der Waals surface area contributed by atoms with E-state index in [9.17, 15) is 9.59 Å². The number of ether oxygens (including phenoxy) is 1. The number of amides is 2. The van der Waals surface area contributed by atoms with Gasteiger partial charge in [0, 0.05) is 5.69 Å². The van der Waals surface area contributed by atoms with Crippen LogP contribution in [0.4, 0.5) is 11.4 Å². The molecule has 0 spiro atoms. The maximum Gasteiger partial charge on any atom is 0.240 e. The predicted molar refractivity (Wildman–Crippen MR) is 102 cm³/mol. The van der Waals surface area contributed by atoms with E-state index in [1.807, 2.05) is 43.3 Å². The SMILES string of the molecule is CCOc1ccccc1NC(=O)C1(C(=O)Nc2ccc(CC)cc2)CC1. The fourth-order valence-electron chi connectivity index (χ4n) is 2.85. The Labute approximate surface area is 153 Å². The van der Waals surface area contributed by atoms with Gasteiger partial charge in [0.2, 0.25) is 11.8 Å². The summed E-state index contributed by atoms with van der Waals surface area (Å²) in [5.74, 6) is 0.0650. The zero-order valence-corrected chi connectivity index (χ0v) is 15.2. The van der Waals surface area contributed by atoms with Crippen molar-refractivity contribution in [3.05, 3.63) is 54.1 Å². The third-order valence-electron chi connectivity index (χ3n) is 4.67. The molecule has 0 aromatic heterocycles. The van der Waals surface area contributed by atoms with Crippen LogP contribution in [0.1, 0.15) is 32.3 Å². The van der Waals surface area contributed by atoms with Gasteiger partial charge >= 0.3 is 0 Å². The first-order valence-corrected chi connectivity index (χ1v) is 9.02. The fourth-order valence-corrected chi connectivity index (χ4v) is 2.85. The van der Waals surface area contributed by atoms with Crippen LogP contribution < -0.4 is 15.4 Å². The van der Waals surface area contributed by atoms with Gasteiger partial charge in [-0.1, -0.05) is 31.2 Å². The van der Waals surface area contributed by atoms with Gasteiger partial charge in [-0.15, -0.1) is 0 Å². The first-order valence-electron chi connectivity index (χ1n) is 9.02. The number of carbonyl (C=O) groups is 2. The highest BCUT2D eigenvalue weighted by Crippen LogP contribution is 2.48. The van der Waals surface area contributed by atoms with Crippen LogP contribution in [-0.2, 0) is 16.0 Å². The molecular formula is C21H24N2O3. The van der Waals surface area contributed by atoms with Crippen LogP contribution in [0, 0.1) is 5.41 Å². The summed E-state index contributed by atoms with van der Waals surface area (Å²) in [7, 11) is 0. The van der Waals surface area contributed by atoms with Gasteiger partial charge < -0.3 is 15.4 Å². The molecule has 0 unspecified atom stereocenters. The van der Waals surface area contributed by atoms with E-state index in [2.05, 4.69) is 17.6 Å². The maximum absolute atomic E-state index is 12.8. The van der Waals surface area contributed by atoms with Gasteiger partial charge in [-0.3, -0.25) is 9.59 Å². The first-order chi connectivity index (χ1) is 12.6. The highest BCUT2D eigenvalue weighted by Gasteiger charge is 2.56. The molecule has 1 saturated carbocycles. The quantitative estimate of drug-likeness (QED) is 0.740. The van der Waals surface area contributed by atoms with Gasteiger partial charge in [-0.05, 0) is 56.0 Å². The molecular weight excluding hydrogens is 328 g/mol. The molecule has 3 rings (SSSR count). The lowest BCUT2D eigenvalue weighted by atomic mass is 10.0. The summed E-state index contributed by atoms with van der Waals surface area (Å²) in [5, 5.41) is 5.73. The van der Waals surface area contributed by atoms with Crippen LogP contribution in [0.5, 0.6) is 5.75 Å². The maximum atomic E-state index is 12.8. The molecule has 0 bridgehead atoms. The van der Waals surface area contributed by atoms with Gasteiger partial charge in [-0.25, -0.2) is 0 Å². The summed E-state index contributed by atoms with van der Waals surface area (Å²) in [5.41, 5.74) is 1.50. The third kappa shape index (κ3) is 3.72. The van der Waals surface area contributed by atoms with Gasteiger partial charge in [0.25, 0.3) is 0 Å². The number of hydrogen-bond acceptors (Lipinski definition) is 3. The smallest absolute Gasteiger partial charge is 0.240 e. The van der Waals surface area contributed by atoms with Crippen LogP contribution in [0.15, 0.2) is 48.5 Å². The Morgan fingerprint density at radius 1 is 0.962 bits per heavy atom. The predicted octanol–water partition coefficient (Wildman–Crippen LogP) is 4.01. The van der Waals surface area contributed by atoms with Crippen molar-refractivity contribution in [1.82, 2.24) is 0 Å². The van der Waals surface area contributed by atoms with Gasteiger partial charge in [-0.2, -0.15) is 0 Å². The van der Waals surface area contributed by atoms with E-state index in [1.54, 1.807) is 12.1 Å². The van der Waals surface area contributed by atoms with Crippen molar-refractivity contribution in [2.45, 2.75) is 33.1 Å². The lowest BCUT2D eigenvalue weighted by Gasteiger charge is -2.17. The van der Waals surface area contributed by atoms with E-state index in [4.69, 9.17) is 4.74 Å². The Bertz CT molecular complexity index is 795. The summed E-state index contributed by atoms with van der Waals surface area (Å²) in [6, 6.07) is 15.0. The molecule has 1 fully saturated rings. The van der Waals surface area contributed by atoms with Crippen LogP contribution in [0.25, 0.3) is 0 Å². The van der Waals surface area contributed by atoms with Crippen molar-refractivity contribution in [3.8, 4) is 5.75 Å². The zero-order valence-electron chi connectivity index (χ0n) is 15.2. The Balaban J connectivity index is 1.69. The van der Waals surface area contributed by atoms with Crippen LogP contribution in [0.2, 0.25) is 0 Å². The molecule has 5 heteroatoms. The minimum absolute atomic E-state index is 0.256. The van der Waals surface area contributed by atoms with Crippen molar-refractivity contribution in [2.75, 3.05) is 17.2 Å². The molecule has 0 heterocycles. The number of aryl methyl sites for hydroxylation is 1. The van der Waals surface area contributed by atoms with Crippen molar-refractivity contribution in [1.29, 1.82) is 0 Å². The van der Waals surface area contributed by atoms with E-state index in [0.29, 0.717) is 36.6 Å². The number of para-hydroxylation sites is 2. The molecule has 1 aliphatic carbocycles. The van der Waals surface area contributed by atoms with Crippen molar-refractivity contribution in [3.63, 3.8) is 0 Å². The zero-order chi connectivity index (χ0) is 18.6. The van der Waals surface area contributed by atoms with Crippen molar-refractivity contribution in [2.24, 2.45) is 5.41 Å². The number of anilines is 2. The normalized spacial score (nSPS) is 14.4. The van der Waals surface area contributed by atoms with E-state index in [0.717, 1.165) is 6.42 Å². The Hall–Kier alpha value is -2.82. The standard InChI is InChI=1S/C21H24N2O3/c1-3-15-9-11-16(12-10-15)22-19(24)21(13-14-21)20(25)23-17-7-5-6-8-18(17)26-4-2/h5-12H,3-4,13-14H2,1-2H3,(H,22,24)(H,23,25). The highest BCUT2D eigenvalue weighted by atomic mass is 16.5. The summed E-state index contributed by atoms with van der Waals surface area (Å²) >= 11 is 0. The van der Waals surface area contributed by atoms with E-state index in [1.165, 1.54) is 5.56 Å². The average molecular weight is 352 g/mol. The summed E-state index contributed by atoms with van der Waals surface area (Å²) in [6.07, 6.45) is 2.04. The topological polar surface area (TPSA) is 67.4 Å². The monoisotopic (exact) mass is 352 g/mol. The Morgan fingerprint density at radius 3 is 2.23 bits per heavy atom.